The summed E-state index contributed by atoms with van der Waals surface area (Å²) in [7, 11) is 3.40. The summed E-state index contributed by atoms with van der Waals surface area (Å²) in [6.07, 6.45) is 0.877. The van der Waals surface area contributed by atoms with Gasteiger partial charge in [0.2, 0.25) is 0 Å². The van der Waals surface area contributed by atoms with E-state index in [1.54, 1.807) is 12.1 Å². The summed E-state index contributed by atoms with van der Waals surface area (Å²) < 4.78 is 18.2. The van der Waals surface area contributed by atoms with Crippen molar-refractivity contribution in [2.24, 2.45) is 5.92 Å². The van der Waals surface area contributed by atoms with Gasteiger partial charge >= 0.3 is 0 Å². The number of ether oxygens (including phenoxy) is 1. The van der Waals surface area contributed by atoms with Crippen LogP contribution in [0.5, 0.6) is 5.75 Å². The Balaban J connectivity index is 2.66. The highest BCUT2D eigenvalue weighted by atomic mass is 19.1. The Labute approximate surface area is 90.4 Å². The lowest BCUT2D eigenvalue weighted by atomic mass is 10.0. The molecule has 0 aliphatic heterocycles. The van der Waals surface area contributed by atoms with Crippen molar-refractivity contribution in [1.29, 1.82) is 0 Å². The lowest BCUT2D eigenvalue weighted by Crippen LogP contribution is -2.17. The number of benzene rings is 1. The van der Waals surface area contributed by atoms with Crippen LogP contribution in [0.25, 0.3) is 0 Å². The van der Waals surface area contributed by atoms with Gasteiger partial charge in [0.1, 0.15) is 0 Å². The molecule has 1 N–H and O–H groups in total. The summed E-state index contributed by atoms with van der Waals surface area (Å²) in [6.45, 7) is 3.08. The molecular weight excluding hydrogens is 193 g/mol. The molecule has 0 amide bonds. The molecule has 0 heterocycles. The van der Waals surface area contributed by atoms with Gasteiger partial charge in [0.15, 0.2) is 11.6 Å². The van der Waals surface area contributed by atoms with Crippen molar-refractivity contribution in [3.05, 3.63) is 29.6 Å². The average Bonchev–Trinajstić information content (AvgIpc) is 2.18. The molecule has 0 saturated heterocycles. The van der Waals surface area contributed by atoms with E-state index in [0.29, 0.717) is 11.7 Å². The Hall–Kier alpha value is -1.09. The maximum absolute atomic E-state index is 13.3. The quantitative estimate of drug-likeness (QED) is 0.806. The third-order valence-electron chi connectivity index (χ3n) is 2.35. The highest BCUT2D eigenvalue weighted by Crippen LogP contribution is 2.19. The smallest absolute Gasteiger partial charge is 0.165 e. The van der Waals surface area contributed by atoms with Crippen molar-refractivity contribution >= 4 is 0 Å². The Morgan fingerprint density at radius 3 is 2.73 bits per heavy atom. The third kappa shape index (κ3) is 3.51. The highest BCUT2D eigenvalue weighted by Gasteiger charge is 2.06. The first kappa shape index (κ1) is 12.0. The summed E-state index contributed by atoms with van der Waals surface area (Å²) >= 11 is 0. The second kappa shape index (κ2) is 5.71. The molecule has 3 heteroatoms. The summed E-state index contributed by atoms with van der Waals surface area (Å²) in [5.41, 5.74) is 1.01. The van der Waals surface area contributed by atoms with E-state index in [1.807, 2.05) is 13.1 Å². The highest BCUT2D eigenvalue weighted by molar-refractivity contribution is 5.29. The molecule has 84 valence electrons. The second-order valence-corrected chi connectivity index (χ2v) is 3.84. The summed E-state index contributed by atoms with van der Waals surface area (Å²) in [5, 5.41) is 3.11. The largest absolute Gasteiger partial charge is 0.494 e. The summed E-state index contributed by atoms with van der Waals surface area (Å²) in [6, 6.07) is 5.13. The first-order valence-corrected chi connectivity index (χ1v) is 5.14. The minimum atomic E-state index is -0.286. The van der Waals surface area contributed by atoms with Gasteiger partial charge in [-0.15, -0.1) is 0 Å². The van der Waals surface area contributed by atoms with Crippen molar-refractivity contribution in [3.8, 4) is 5.75 Å². The van der Waals surface area contributed by atoms with Gasteiger partial charge in [-0.2, -0.15) is 0 Å². The van der Waals surface area contributed by atoms with Crippen molar-refractivity contribution in [1.82, 2.24) is 5.32 Å². The molecule has 0 aromatic heterocycles. The fourth-order valence-corrected chi connectivity index (χ4v) is 1.66. The molecule has 0 spiro atoms. The van der Waals surface area contributed by atoms with Gasteiger partial charge in [-0.3, -0.25) is 0 Å². The lowest BCUT2D eigenvalue weighted by molar-refractivity contribution is 0.386. The zero-order valence-electron chi connectivity index (χ0n) is 9.51. The number of nitrogens with one attached hydrogen (secondary N) is 1. The Bertz CT molecular complexity index is 314. The molecule has 1 atom stereocenters. The van der Waals surface area contributed by atoms with E-state index in [1.165, 1.54) is 7.11 Å². The van der Waals surface area contributed by atoms with Crippen LogP contribution in [-0.4, -0.2) is 20.7 Å². The maximum Gasteiger partial charge on any atom is 0.165 e. The van der Waals surface area contributed by atoms with Gasteiger partial charge in [0.05, 0.1) is 7.11 Å². The van der Waals surface area contributed by atoms with Crippen LogP contribution in [0.1, 0.15) is 12.5 Å². The van der Waals surface area contributed by atoms with E-state index >= 15 is 0 Å². The van der Waals surface area contributed by atoms with E-state index < -0.39 is 0 Å². The van der Waals surface area contributed by atoms with Crippen LogP contribution in [-0.2, 0) is 6.42 Å². The zero-order chi connectivity index (χ0) is 11.3. The van der Waals surface area contributed by atoms with Crippen LogP contribution >= 0.6 is 0 Å². The van der Waals surface area contributed by atoms with Crippen LogP contribution in [0.15, 0.2) is 18.2 Å². The number of hydrogen-bond acceptors (Lipinski definition) is 2. The number of rotatable bonds is 5. The Kier molecular flexibility index (Phi) is 4.56. The lowest BCUT2D eigenvalue weighted by Gasteiger charge is -2.11. The molecule has 0 bridgehead atoms. The molecule has 2 nitrogen and oxygen atoms in total. The van der Waals surface area contributed by atoms with E-state index in [4.69, 9.17) is 4.74 Å². The van der Waals surface area contributed by atoms with Crippen LogP contribution in [0.3, 0.4) is 0 Å². The second-order valence-electron chi connectivity index (χ2n) is 3.84. The molecule has 0 aliphatic carbocycles. The van der Waals surface area contributed by atoms with Crippen molar-refractivity contribution in [2.75, 3.05) is 20.7 Å². The molecule has 0 fully saturated rings. The minimum absolute atomic E-state index is 0.286. The van der Waals surface area contributed by atoms with Gasteiger partial charge in [-0.05, 0) is 43.6 Å². The number of hydrogen-bond donors (Lipinski definition) is 1. The van der Waals surface area contributed by atoms with E-state index in [9.17, 15) is 4.39 Å². The normalized spacial score (nSPS) is 12.5. The molecule has 0 aliphatic rings. The Morgan fingerprint density at radius 2 is 2.20 bits per heavy atom. The third-order valence-corrected chi connectivity index (χ3v) is 2.35. The van der Waals surface area contributed by atoms with Crippen LogP contribution in [0.4, 0.5) is 4.39 Å². The zero-order valence-corrected chi connectivity index (χ0v) is 9.51. The first-order valence-electron chi connectivity index (χ1n) is 5.14. The molecule has 1 rings (SSSR count). The van der Waals surface area contributed by atoms with Crippen molar-refractivity contribution < 1.29 is 9.13 Å². The number of halogens is 1. The first-order chi connectivity index (χ1) is 7.17. The minimum Gasteiger partial charge on any atom is -0.494 e. The molecule has 1 aromatic carbocycles. The summed E-state index contributed by atoms with van der Waals surface area (Å²) in [5.74, 6) is 0.523. The predicted molar refractivity (Wildman–Crippen MR) is 59.7 cm³/mol. The van der Waals surface area contributed by atoms with E-state index in [2.05, 4.69) is 12.2 Å². The SMILES string of the molecule is CNCC(C)Cc1ccc(OC)c(F)c1. The molecule has 1 unspecified atom stereocenters. The fraction of sp³-hybridized carbons (Fsp3) is 0.500. The average molecular weight is 211 g/mol. The van der Waals surface area contributed by atoms with Gasteiger partial charge in [0, 0.05) is 0 Å². The fourth-order valence-electron chi connectivity index (χ4n) is 1.66. The maximum atomic E-state index is 13.3. The topological polar surface area (TPSA) is 21.3 Å². The van der Waals surface area contributed by atoms with E-state index in [-0.39, 0.29) is 5.82 Å². The predicted octanol–water partition coefficient (Wildman–Crippen LogP) is 2.23. The van der Waals surface area contributed by atoms with Gasteiger partial charge < -0.3 is 10.1 Å². The Morgan fingerprint density at radius 1 is 1.47 bits per heavy atom. The molecule has 0 saturated carbocycles. The molecular formula is C12H18FNO. The van der Waals surface area contributed by atoms with Gasteiger partial charge in [-0.1, -0.05) is 13.0 Å². The monoisotopic (exact) mass is 211 g/mol. The van der Waals surface area contributed by atoms with E-state index in [0.717, 1.165) is 18.5 Å². The van der Waals surface area contributed by atoms with Crippen molar-refractivity contribution in [3.63, 3.8) is 0 Å². The standard InChI is InChI=1S/C12H18FNO/c1-9(8-14-2)6-10-4-5-12(15-3)11(13)7-10/h4-5,7,9,14H,6,8H2,1-3H3. The molecule has 1 aromatic rings. The van der Waals surface area contributed by atoms with Gasteiger partial charge in [0.25, 0.3) is 0 Å². The number of methoxy groups -OCH3 is 1. The van der Waals surface area contributed by atoms with Crippen LogP contribution < -0.4 is 10.1 Å². The van der Waals surface area contributed by atoms with Crippen LogP contribution in [0.2, 0.25) is 0 Å². The molecule has 15 heavy (non-hydrogen) atoms. The molecule has 0 radical (unpaired) electrons. The van der Waals surface area contributed by atoms with Crippen LogP contribution in [0, 0.1) is 11.7 Å². The van der Waals surface area contributed by atoms with Crippen molar-refractivity contribution in [2.45, 2.75) is 13.3 Å². The van der Waals surface area contributed by atoms with Gasteiger partial charge in [-0.25, -0.2) is 4.39 Å². The summed E-state index contributed by atoms with van der Waals surface area (Å²) in [4.78, 5) is 0.